The number of nitrogens with one attached hydrogen (secondary N) is 1. The van der Waals surface area contributed by atoms with Crippen molar-refractivity contribution in [3.8, 4) is 6.07 Å². The van der Waals surface area contributed by atoms with Gasteiger partial charge in [0, 0.05) is 22.9 Å². The van der Waals surface area contributed by atoms with Gasteiger partial charge in [-0.1, -0.05) is 6.07 Å². The highest BCUT2D eigenvalue weighted by molar-refractivity contribution is 9.10. The van der Waals surface area contributed by atoms with Gasteiger partial charge >= 0.3 is 0 Å². The van der Waals surface area contributed by atoms with E-state index in [9.17, 15) is 0 Å². The number of rotatable bonds is 3. The molecule has 1 atom stereocenters. The molecule has 0 bridgehead atoms. The van der Waals surface area contributed by atoms with Crippen LogP contribution in [0.2, 0.25) is 0 Å². The number of anilines is 1. The summed E-state index contributed by atoms with van der Waals surface area (Å²) in [6.45, 7) is 2.05. The molecule has 1 heterocycles. The SMILES string of the molecule is CC(Nc1cccc(Br)c1C#N)c1ccncc1. The smallest absolute Gasteiger partial charge is 0.103 e. The summed E-state index contributed by atoms with van der Waals surface area (Å²) >= 11 is 3.38. The van der Waals surface area contributed by atoms with Crippen LogP contribution in [-0.4, -0.2) is 4.98 Å². The fraction of sp³-hybridized carbons (Fsp3) is 0.143. The highest BCUT2D eigenvalue weighted by Crippen LogP contribution is 2.27. The number of aromatic nitrogens is 1. The van der Waals surface area contributed by atoms with Crippen LogP contribution in [0.5, 0.6) is 0 Å². The number of nitrogens with zero attached hydrogens (tertiary/aromatic N) is 2. The Morgan fingerprint density at radius 1 is 1.28 bits per heavy atom. The standard InChI is InChI=1S/C14H12BrN3/c1-10(11-5-7-17-8-6-11)18-14-4-2-3-13(15)12(14)9-16/h2-8,10,18H,1H3. The lowest BCUT2D eigenvalue weighted by atomic mass is 10.1. The van der Waals surface area contributed by atoms with E-state index in [4.69, 9.17) is 5.26 Å². The van der Waals surface area contributed by atoms with Crippen LogP contribution in [0, 0.1) is 11.3 Å². The second-order valence-corrected chi connectivity index (χ2v) is 4.78. The number of benzene rings is 1. The van der Waals surface area contributed by atoms with Gasteiger partial charge in [-0.05, 0) is 52.7 Å². The summed E-state index contributed by atoms with van der Waals surface area (Å²) in [5.74, 6) is 0. The van der Waals surface area contributed by atoms with E-state index in [2.05, 4.69) is 39.2 Å². The van der Waals surface area contributed by atoms with Gasteiger partial charge in [-0.3, -0.25) is 4.98 Å². The van der Waals surface area contributed by atoms with Crippen LogP contribution in [0.1, 0.15) is 24.1 Å². The Kier molecular flexibility index (Phi) is 3.96. The van der Waals surface area contributed by atoms with Gasteiger partial charge in [-0.2, -0.15) is 5.26 Å². The maximum Gasteiger partial charge on any atom is 0.103 e. The number of hydrogen-bond acceptors (Lipinski definition) is 3. The molecule has 0 aliphatic rings. The summed E-state index contributed by atoms with van der Waals surface area (Å²) in [6, 6.07) is 11.9. The predicted octanol–water partition coefficient (Wildman–Crippen LogP) is 3.89. The maximum atomic E-state index is 9.15. The number of pyridine rings is 1. The molecule has 0 fully saturated rings. The average molecular weight is 302 g/mol. The Morgan fingerprint density at radius 2 is 2.00 bits per heavy atom. The molecule has 0 saturated heterocycles. The highest BCUT2D eigenvalue weighted by atomic mass is 79.9. The third-order valence-corrected chi connectivity index (χ3v) is 3.36. The quantitative estimate of drug-likeness (QED) is 0.935. The van der Waals surface area contributed by atoms with Crippen LogP contribution in [-0.2, 0) is 0 Å². The topological polar surface area (TPSA) is 48.7 Å². The third-order valence-electron chi connectivity index (χ3n) is 2.70. The van der Waals surface area contributed by atoms with Gasteiger partial charge in [0.05, 0.1) is 11.3 Å². The van der Waals surface area contributed by atoms with Crippen molar-refractivity contribution in [2.75, 3.05) is 5.32 Å². The highest BCUT2D eigenvalue weighted by Gasteiger charge is 2.10. The van der Waals surface area contributed by atoms with Crippen LogP contribution in [0.25, 0.3) is 0 Å². The minimum atomic E-state index is 0.120. The van der Waals surface area contributed by atoms with Crippen molar-refractivity contribution in [2.24, 2.45) is 0 Å². The first-order valence-corrected chi connectivity index (χ1v) is 6.36. The van der Waals surface area contributed by atoms with Crippen molar-refractivity contribution in [1.29, 1.82) is 5.26 Å². The Labute approximate surface area is 115 Å². The molecule has 0 radical (unpaired) electrons. The van der Waals surface area contributed by atoms with Crippen LogP contribution in [0.15, 0.2) is 47.2 Å². The average Bonchev–Trinajstić information content (AvgIpc) is 2.40. The molecule has 1 aromatic heterocycles. The molecule has 0 saturated carbocycles. The van der Waals surface area contributed by atoms with Crippen molar-refractivity contribution in [3.05, 3.63) is 58.3 Å². The molecular formula is C14H12BrN3. The molecule has 2 rings (SSSR count). The van der Waals surface area contributed by atoms with E-state index >= 15 is 0 Å². The Hall–Kier alpha value is -1.86. The lowest BCUT2D eigenvalue weighted by molar-refractivity contribution is 0.880. The Bertz CT molecular complexity index is 575. The van der Waals surface area contributed by atoms with Crippen molar-refractivity contribution in [1.82, 2.24) is 4.98 Å². The van der Waals surface area contributed by atoms with E-state index < -0.39 is 0 Å². The summed E-state index contributed by atoms with van der Waals surface area (Å²) in [5, 5.41) is 12.5. The second-order valence-electron chi connectivity index (χ2n) is 3.92. The largest absolute Gasteiger partial charge is 0.377 e. The molecule has 3 nitrogen and oxygen atoms in total. The number of hydrogen-bond donors (Lipinski definition) is 1. The summed E-state index contributed by atoms with van der Waals surface area (Å²) in [5.41, 5.74) is 2.59. The van der Waals surface area contributed by atoms with Gasteiger partial charge in [-0.25, -0.2) is 0 Å². The van der Waals surface area contributed by atoms with E-state index in [0.29, 0.717) is 5.56 Å². The molecule has 1 unspecified atom stereocenters. The van der Waals surface area contributed by atoms with E-state index in [1.54, 1.807) is 12.4 Å². The van der Waals surface area contributed by atoms with Crippen molar-refractivity contribution >= 4 is 21.6 Å². The molecule has 4 heteroatoms. The third kappa shape index (κ3) is 2.69. The Balaban J connectivity index is 2.25. The summed E-state index contributed by atoms with van der Waals surface area (Å²) in [6.07, 6.45) is 3.53. The molecule has 1 aromatic carbocycles. The predicted molar refractivity (Wildman–Crippen MR) is 75.1 cm³/mol. The van der Waals surface area contributed by atoms with Gasteiger partial charge in [0.25, 0.3) is 0 Å². The van der Waals surface area contributed by atoms with Crippen molar-refractivity contribution < 1.29 is 0 Å². The molecular weight excluding hydrogens is 290 g/mol. The van der Waals surface area contributed by atoms with Gasteiger partial charge in [0.15, 0.2) is 0 Å². The summed E-state index contributed by atoms with van der Waals surface area (Å²) < 4.78 is 0.803. The molecule has 1 N–H and O–H groups in total. The molecule has 0 aliphatic carbocycles. The number of nitriles is 1. The molecule has 18 heavy (non-hydrogen) atoms. The van der Waals surface area contributed by atoms with Gasteiger partial charge in [0.1, 0.15) is 6.07 Å². The van der Waals surface area contributed by atoms with Gasteiger partial charge in [0.2, 0.25) is 0 Å². The monoisotopic (exact) mass is 301 g/mol. The number of halogens is 1. The second kappa shape index (κ2) is 5.65. The molecule has 2 aromatic rings. The van der Waals surface area contributed by atoms with Crippen molar-refractivity contribution in [2.45, 2.75) is 13.0 Å². The summed E-state index contributed by atoms with van der Waals surface area (Å²) in [7, 11) is 0. The molecule has 90 valence electrons. The van der Waals surface area contributed by atoms with Crippen LogP contribution in [0.3, 0.4) is 0 Å². The lowest BCUT2D eigenvalue weighted by Crippen LogP contribution is -2.08. The lowest BCUT2D eigenvalue weighted by Gasteiger charge is -2.16. The van der Waals surface area contributed by atoms with Gasteiger partial charge in [-0.15, -0.1) is 0 Å². The molecule has 0 aliphatic heterocycles. The Morgan fingerprint density at radius 3 is 2.67 bits per heavy atom. The zero-order valence-electron chi connectivity index (χ0n) is 9.89. The van der Waals surface area contributed by atoms with E-state index in [0.717, 1.165) is 15.7 Å². The normalized spacial score (nSPS) is 11.6. The van der Waals surface area contributed by atoms with E-state index in [1.165, 1.54) is 0 Å². The van der Waals surface area contributed by atoms with Crippen molar-refractivity contribution in [3.63, 3.8) is 0 Å². The van der Waals surface area contributed by atoms with Crippen LogP contribution >= 0.6 is 15.9 Å². The van der Waals surface area contributed by atoms with E-state index in [1.807, 2.05) is 30.3 Å². The zero-order valence-corrected chi connectivity index (χ0v) is 11.5. The molecule has 0 spiro atoms. The first kappa shape index (κ1) is 12.6. The van der Waals surface area contributed by atoms with E-state index in [-0.39, 0.29) is 6.04 Å². The first-order valence-electron chi connectivity index (χ1n) is 5.57. The molecule has 0 amide bonds. The van der Waals surface area contributed by atoms with Crippen LogP contribution in [0.4, 0.5) is 5.69 Å². The van der Waals surface area contributed by atoms with Gasteiger partial charge < -0.3 is 5.32 Å². The maximum absolute atomic E-state index is 9.15. The minimum absolute atomic E-state index is 0.120. The fourth-order valence-corrected chi connectivity index (χ4v) is 2.18. The zero-order chi connectivity index (χ0) is 13.0. The fourth-order valence-electron chi connectivity index (χ4n) is 1.73. The van der Waals surface area contributed by atoms with Crippen LogP contribution < -0.4 is 5.32 Å². The first-order chi connectivity index (χ1) is 8.72. The summed E-state index contributed by atoms with van der Waals surface area (Å²) in [4.78, 5) is 4.00. The minimum Gasteiger partial charge on any atom is -0.377 e.